The Balaban J connectivity index is 2.96. The zero-order valence-electron chi connectivity index (χ0n) is 5.44. The molecule has 0 spiro atoms. The highest BCUT2D eigenvalue weighted by atomic mass is 35.5. The molecule has 4 heteroatoms. The second-order valence-electron chi connectivity index (χ2n) is 2.16. The van der Waals surface area contributed by atoms with E-state index in [2.05, 4.69) is 9.97 Å². The van der Waals surface area contributed by atoms with Gasteiger partial charge in [0.1, 0.15) is 5.15 Å². The van der Waals surface area contributed by atoms with E-state index in [9.17, 15) is 0 Å². The number of hydrogen-bond donors (Lipinski definition) is 1. The number of pyridine rings is 1. The molecule has 56 valence electrons. The number of nitrogens with zero attached hydrogens (tertiary/aromatic N) is 1. The molecular formula is C7H4Cl2N2. The van der Waals surface area contributed by atoms with Crippen LogP contribution in [-0.4, -0.2) is 9.97 Å². The molecular weight excluding hydrogens is 183 g/mol. The highest BCUT2D eigenvalue weighted by Crippen LogP contribution is 2.25. The summed E-state index contributed by atoms with van der Waals surface area (Å²) < 4.78 is 0. The molecule has 0 unspecified atom stereocenters. The molecule has 2 heterocycles. The molecule has 0 atom stereocenters. The van der Waals surface area contributed by atoms with Crippen molar-refractivity contribution in [2.24, 2.45) is 0 Å². The Labute approximate surface area is 73.1 Å². The normalized spacial score (nSPS) is 10.7. The van der Waals surface area contributed by atoms with Gasteiger partial charge < -0.3 is 4.98 Å². The maximum absolute atomic E-state index is 5.82. The van der Waals surface area contributed by atoms with Gasteiger partial charge in [-0.1, -0.05) is 23.2 Å². The lowest BCUT2D eigenvalue weighted by Gasteiger charge is -1.93. The van der Waals surface area contributed by atoms with Crippen molar-refractivity contribution < 1.29 is 0 Å². The number of rotatable bonds is 0. The second-order valence-corrected chi connectivity index (χ2v) is 2.93. The number of halogens is 2. The van der Waals surface area contributed by atoms with E-state index < -0.39 is 0 Å². The van der Waals surface area contributed by atoms with Crippen LogP contribution in [0.2, 0.25) is 10.2 Å². The van der Waals surface area contributed by atoms with Gasteiger partial charge in [0.15, 0.2) is 0 Å². The van der Waals surface area contributed by atoms with E-state index in [0.717, 1.165) is 10.9 Å². The van der Waals surface area contributed by atoms with Crippen LogP contribution in [-0.2, 0) is 0 Å². The summed E-state index contributed by atoms with van der Waals surface area (Å²) >= 11 is 11.6. The van der Waals surface area contributed by atoms with Gasteiger partial charge in [-0.15, -0.1) is 0 Å². The fourth-order valence-corrected chi connectivity index (χ4v) is 1.40. The van der Waals surface area contributed by atoms with Crippen molar-refractivity contribution in [3.8, 4) is 0 Å². The molecule has 0 saturated heterocycles. The Morgan fingerprint density at radius 1 is 1.36 bits per heavy atom. The Kier molecular flexibility index (Phi) is 1.51. The van der Waals surface area contributed by atoms with Crippen LogP contribution in [0.15, 0.2) is 18.5 Å². The van der Waals surface area contributed by atoms with Gasteiger partial charge in [-0.05, 0) is 6.07 Å². The Morgan fingerprint density at radius 2 is 2.18 bits per heavy atom. The zero-order valence-corrected chi connectivity index (χ0v) is 6.95. The van der Waals surface area contributed by atoms with E-state index in [0.29, 0.717) is 10.2 Å². The van der Waals surface area contributed by atoms with Crippen LogP contribution >= 0.6 is 23.2 Å². The second kappa shape index (κ2) is 2.40. The average molecular weight is 187 g/mol. The molecule has 2 aromatic heterocycles. The monoisotopic (exact) mass is 186 g/mol. The Bertz CT molecular complexity index is 358. The molecule has 0 aromatic carbocycles. The Morgan fingerprint density at radius 3 is 2.91 bits per heavy atom. The third-order valence-electron chi connectivity index (χ3n) is 1.50. The van der Waals surface area contributed by atoms with Crippen LogP contribution in [0.5, 0.6) is 0 Å². The van der Waals surface area contributed by atoms with Gasteiger partial charge in [0.25, 0.3) is 0 Å². The first-order valence-corrected chi connectivity index (χ1v) is 3.82. The van der Waals surface area contributed by atoms with Crippen molar-refractivity contribution in [3.05, 3.63) is 28.6 Å². The Hall–Kier alpha value is -0.730. The lowest BCUT2D eigenvalue weighted by molar-refractivity contribution is 1.35. The van der Waals surface area contributed by atoms with E-state index in [4.69, 9.17) is 23.2 Å². The average Bonchev–Trinajstić information content (AvgIpc) is 2.45. The predicted molar refractivity (Wildman–Crippen MR) is 46.1 cm³/mol. The van der Waals surface area contributed by atoms with Gasteiger partial charge in [0.05, 0.1) is 10.5 Å². The van der Waals surface area contributed by atoms with E-state index in [1.807, 2.05) is 6.07 Å². The molecule has 1 N–H and O–H groups in total. The minimum Gasteiger partial charge on any atom is -0.360 e. The molecule has 0 aliphatic heterocycles. The minimum atomic E-state index is 0.477. The maximum atomic E-state index is 5.82. The third-order valence-corrected chi connectivity index (χ3v) is 2.09. The van der Waals surface area contributed by atoms with Crippen LogP contribution in [0.1, 0.15) is 0 Å². The van der Waals surface area contributed by atoms with Crippen LogP contribution in [0.25, 0.3) is 10.9 Å². The number of nitrogens with one attached hydrogen (secondary N) is 1. The van der Waals surface area contributed by atoms with Crippen molar-refractivity contribution in [2.75, 3.05) is 0 Å². The van der Waals surface area contributed by atoms with Crippen LogP contribution < -0.4 is 0 Å². The lowest BCUT2D eigenvalue weighted by Crippen LogP contribution is -1.76. The number of aromatic amines is 1. The molecule has 0 aliphatic carbocycles. The van der Waals surface area contributed by atoms with Gasteiger partial charge in [0.2, 0.25) is 0 Å². The third kappa shape index (κ3) is 0.988. The van der Waals surface area contributed by atoms with E-state index in [-0.39, 0.29) is 0 Å². The molecule has 0 bridgehead atoms. The first kappa shape index (κ1) is 6.95. The predicted octanol–water partition coefficient (Wildman–Crippen LogP) is 2.87. The van der Waals surface area contributed by atoms with Crippen LogP contribution in [0.4, 0.5) is 0 Å². The van der Waals surface area contributed by atoms with Crippen molar-refractivity contribution >= 4 is 34.1 Å². The summed E-state index contributed by atoms with van der Waals surface area (Å²) in [4.78, 5) is 6.86. The largest absolute Gasteiger partial charge is 0.360 e. The van der Waals surface area contributed by atoms with Crippen LogP contribution in [0.3, 0.4) is 0 Å². The van der Waals surface area contributed by atoms with Crippen molar-refractivity contribution in [2.45, 2.75) is 0 Å². The summed E-state index contributed by atoms with van der Waals surface area (Å²) in [5.74, 6) is 0. The standard InChI is InChI=1S/C7H4Cl2N2/c8-5-3-11-7(9)4-1-2-10-6(4)5/h1-3,10H. The molecule has 2 rings (SSSR count). The van der Waals surface area contributed by atoms with E-state index in [1.165, 1.54) is 6.20 Å². The van der Waals surface area contributed by atoms with Crippen molar-refractivity contribution in [1.82, 2.24) is 9.97 Å². The smallest absolute Gasteiger partial charge is 0.138 e. The quantitative estimate of drug-likeness (QED) is 0.631. The van der Waals surface area contributed by atoms with E-state index in [1.54, 1.807) is 6.20 Å². The highest BCUT2D eigenvalue weighted by molar-refractivity contribution is 6.38. The summed E-state index contributed by atoms with van der Waals surface area (Å²) in [6.07, 6.45) is 3.31. The minimum absolute atomic E-state index is 0.477. The molecule has 0 saturated carbocycles. The molecule has 0 radical (unpaired) electrons. The number of fused-ring (bicyclic) bond motifs is 1. The molecule has 0 aliphatic rings. The van der Waals surface area contributed by atoms with Gasteiger partial charge in [0, 0.05) is 17.8 Å². The van der Waals surface area contributed by atoms with Gasteiger partial charge >= 0.3 is 0 Å². The SMILES string of the molecule is Clc1ncc(Cl)c2[nH]ccc12. The first-order valence-electron chi connectivity index (χ1n) is 3.06. The highest BCUT2D eigenvalue weighted by Gasteiger charge is 2.03. The summed E-state index contributed by atoms with van der Waals surface area (Å²) in [6, 6.07) is 1.84. The maximum Gasteiger partial charge on any atom is 0.138 e. The first-order chi connectivity index (χ1) is 5.29. The zero-order chi connectivity index (χ0) is 7.84. The lowest BCUT2D eigenvalue weighted by atomic mass is 10.3. The molecule has 2 nitrogen and oxygen atoms in total. The number of H-pyrrole nitrogens is 1. The van der Waals surface area contributed by atoms with Crippen molar-refractivity contribution in [3.63, 3.8) is 0 Å². The summed E-state index contributed by atoms with van der Waals surface area (Å²) in [6.45, 7) is 0. The van der Waals surface area contributed by atoms with Crippen molar-refractivity contribution in [1.29, 1.82) is 0 Å². The van der Waals surface area contributed by atoms with Gasteiger partial charge in [-0.3, -0.25) is 0 Å². The molecule has 0 fully saturated rings. The fraction of sp³-hybridized carbons (Fsp3) is 0. The van der Waals surface area contributed by atoms with Crippen LogP contribution in [0, 0.1) is 0 Å². The van der Waals surface area contributed by atoms with E-state index >= 15 is 0 Å². The molecule has 11 heavy (non-hydrogen) atoms. The molecule has 0 amide bonds. The van der Waals surface area contributed by atoms with Gasteiger partial charge in [-0.25, -0.2) is 4.98 Å². The fourth-order valence-electron chi connectivity index (χ4n) is 0.986. The topological polar surface area (TPSA) is 28.7 Å². The van der Waals surface area contributed by atoms with Gasteiger partial charge in [-0.2, -0.15) is 0 Å². The summed E-state index contributed by atoms with van der Waals surface area (Å²) in [5, 5.41) is 1.93. The summed E-state index contributed by atoms with van der Waals surface area (Å²) in [5.41, 5.74) is 0.840. The number of hydrogen-bond acceptors (Lipinski definition) is 1. The number of aromatic nitrogens is 2. The molecule has 2 aromatic rings. The summed E-state index contributed by atoms with van der Waals surface area (Å²) in [7, 11) is 0.